The summed E-state index contributed by atoms with van der Waals surface area (Å²) >= 11 is 0. The van der Waals surface area contributed by atoms with Gasteiger partial charge in [0, 0.05) is 0 Å². The molecule has 0 heterocycles. The van der Waals surface area contributed by atoms with Crippen LogP contribution in [-0.2, 0) is 0 Å². The van der Waals surface area contributed by atoms with Crippen LogP contribution in [-0.4, -0.2) is 5.11 Å². The first kappa shape index (κ1) is 9.00. The Morgan fingerprint density at radius 1 is 1.14 bits per heavy atom. The van der Waals surface area contributed by atoms with Crippen molar-refractivity contribution >= 4 is 10.8 Å². The highest BCUT2D eigenvalue weighted by Crippen LogP contribution is 2.28. The Balaban J connectivity index is 2.95. The predicted molar refractivity (Wildman–Crippen MR) is 55.0 cm³/mol. The largest absolute Gasteiger partial charge is 0.508 e. The van der Waals surface area contributed by atoms with Crippen LogP contribution in [0.1, 0.15) is 11.1 Å². The van der Waals surface area contributed by atoms with Crippen LogP contribution >= 0.6 is 0 Å². The molecule has 2 aromatic rings. The fourth-order valence-electron chi connectivity index (χ4n) is 1.85. The van der Waals surface area contributed by atoms with Gasteiger partial charge in [-0.3, -0.25) is 0 Å². The summed E-state index contributed by atoms with van der Waals surface area (Å²) in [5, 5.41) is 11.1. The van der Waals surface area contributed by atoms with Crippen molar-refractivity contribution in [3.63, 3.8) is 0 Å². The summed E-state index contributed by atoms with van der Waals surface area (Å²) in [6.45, 7) is 3.62. The van der Waals surface area contributed by atoms with E-state index in [9.17, 15) is 9.50 Å². The summed E-state index contributed by atoms with van der Waals surface area (Å²) in [7, 11) is 0. The quantitative estimate of drug-likeness (QED) is 0.675. The minimum atomic E-state index is -0.203. The summed E-state index contributed by atoms with van der Waals surface area (Å²) in [6.07, 6.45) is 0. The molecule has 0 spiro atoms. The molecule has 0 aliphatic heterocycles. The lowest BCUT2D eigenvalue weighted by molar-refractivity contribution is 0.476. The van der Waals surface area contributed by atoms with Crippen LogP contribution < -0.4 is 0 Å². The lowest BCUT2D eigenvalue weighted by Gasteiger charge is -2.07. The Bertz CT molecular complexity index is 503. The number of benzene rings is 2. The molecule has 14 heavy (non-hydrogen) atoms. The molecule has 0 amide bonds. The van der Waals surface area contributed by atoms with Crippen LogP contribution in [0.25, 0.3) is 10.8 Å². The van der Waals surface area contributed by atoms with Crippen LogP contribution in [0.15, 0.2) is 24.3 Å². The molecule has 0 aromatic heterocycles. The zero-order valence-electron chi connectivity index (χ0n) is 8.13. The Hall–Kier alpha value is -1.57. The molecule has 72 valence electrons. The zero-order chi connectivity index (χ0) is 10.3. The molecule has 2 heteroatoms. The van der Waals surface area contributed by atoms with Gasteiger partial charge >= 0.3 is 0 Å². The summed E-state index contributed by atoms with van der Waals surface area (Å²) in [5.74, 6) is 0.0206. The molecule has 0 aliphatic carbocycles. The molecule has 0 saturated carbocycles. The van der Waals surface area contributed by atoms with Crippen LogP contribution in [0.3, 0.4) is 0 Å². The third-order valence-corrected chi connectivity index (χ3v) is 2.49. The molecular formula is C12H11FO. The number of halogens is 1. The summed E-state index contributed by atoms with van der Waals surface area (Å²) in [4.78, 5) is 0. The highest BCUT2D eigenvalue weighted by atomic mass is 19.1. The van der Waals surface area contributed by atoms with E-state index in [1.165, 1.54) is 6.07 Å². The van der Waals surface area contributed by atoms with Gasteiger partial charge < -0.3 is 5.11 Å². The number of aryl methyl sites for hydroxylation is 2. The minimum absolute atomic E-state index is 0.203. The SMILES string of the molecule is Cc1cc(O)cc2ccc(F)c(C)c12. The Labute approximate surface area is 81.8 Å². The van der Waals surface area contributed by atoms with Gasteiger partial charge in [0.05, 0.1) is 0 Å². The van der Waals surface area contributed by atoms with E-state index in [0.717, 1.165) is 16.3 Å². The Morgan fingerprint density at radius 3 is 2.57 bits per heavy atom. The fourth-order valence-corrected chi connectivity index (χ4v) is 1.85. The topological polar surface area (TPSA) is 20.2 Å². The molecule has 0 atom stereocenters. The van der Waals surface area contributed by atoms with E-state index in [4.69, 9.17) is 0 Å². The first-order valence-corrected chi connectivity index (χ1v) is 4.48. The maximum absolute atomic E-state index is 13.3. The minimum Gasteiger partial charge on any atom is -0.508 e. The van der Waals surface area contributed by atoms with Crippen molar-refractivity contribution in [1.82, 2.24) is 0 Å². The summed E-state index contributed by atoms with van der Waals surface area (Å²) in [5.41, 5.74) is 1.54. The van der Waals surface area contributed by atoms with Crippen LogP contribution in [0.5, 0.6) is 5.75 Å². The normalized spacial score (nSPS) is 10.8. The van der Waals surface area contributed by atoms with E-state index in [2.05, 4.69) is 0 Å². The lowest BCUT2D eigenvalue weighted by atomic mass is 10.00. The Kier molecular flexibility index (Phi) is 1.92. The number of rotatable bonds is 0. The van der Waals surface area contributed by atoms with E-state index in [1.807, 2.05) is 6.92 Å². The van der Waals surface area contributed by atoms with Gasteiger partial charge in [0.15, 0.2) is 0 Å². The van der Waals surface area contributed by atoms with Gasteiger partial charge in [-0.2, -0.15) is 0 Å². The van der Waals surface area contributed by atoms with Gasteiger partial charge in [0.25, 0.3) is 0 Å². The highest BCUT2D eigenvalue weighted by molar-refractivity contribution is 5.89. The van der Waals surface area contributed by atoms with Gasteiger partial charge in [-0.1, -0.05) is 6.07 Å². The zero-order valence-corrected chi connectivity index (χ0v) is 8.13. The maximum atomic E-state index is 13.3. The summed E-state index contributed by atoms with van der Waals surface area (Å²) < 4.78 is 13.3. The van der Waals surface area contributed by atoms with E-state index < -0.39 is 0 Å². The van der Waals surface area contributed by atoms with Crippen LogP contribution in [0.2, 0.25) is 0 Å². The summed E-state index contributed by atoms with van der Waals surface area (Å²) in [6, 6.07) is 6.41. The van der Waals surface area contributed by atoms with Crippen molar-refractivity contribution in [1.29, 1.82) is 0 Å². The third-order valence-electron chi connectivity index (χ3n) is 2.49. The molecule has 0 radical (unpaired) electrons. The second kappa shape index (κ2) is 2.98. The van der Waals surface area contributed by atoms with Crippen LogP contribution in [0.4, 0.5) is 4.39 Å². The van der Waals surface area contributed by atoms with E-state index >= 15 is 0 Å². The standard InChI is InChI=1S/C12H11FO/c1-7-5-10(14)6-9-3-4-11(13)8(2)12(7)9/h3-6,14H,1-2H3. The van der Waals surface area contributed by atoms with E-state index in [-0.39, 0.29) is 11.6 Å². The molecule has 1 nitrogen and oxygen atoms in total. The fraction of sp³-hybridized carbons (Fsp3) is 0.167. The monoisotopic (exact) mass is 190 g/mol. The maximum Gasteiger partial charge on any atom is 0.126 e. The van der Waals surface area contributed by atoms with Gasteiger partial charge in [-0.05, 0) is 53.9 Å². The molecular weight excluding hydrogens is 179 g/mol. The molecule has 0 saturated heterocycles. The molecule has 1 N–H and O–H groups in total. The van der Waals surface area contributed by atoms with Crippen LogP contribution in [0, 0.1) is 19.7 Å². The molecule has 0 bridgehead atoms. The second-order valence-electron chi connectivity index (χ2n) is 3.53. The molecule has 0 fully saturated rings. The van der Waals surface area contributed by atoms with Gasteiger partial charge in [-0.25, -0.2) is 4.39 Å². The number of fused-ring (bicyclic) bond motifs is 1. The average molecular weight is 190 g/mol. The number of hydrogen-bond donors (Lipinski definition) is 1. The van der Waals surface area contributed by atoms with Crippen molar-refractivity contribution in [3.05, 3.63) is 41.2 Å². The second-order valence-corrected chi connectivity index (χ2v) is 3.53. The smallest absolute Gasteiger partial charge is 0.126 e. The highest BCUT2D eigenvalue weighted by Gasteiger charge is 2.06. The van der Waals surface area contributed by atoms with Crippen molar-refractivity contribution in [3.8, 4) is 5.75 Å². The van der Waals surface area contributed by atoms with E-state index in [0.29, 0.717) is 5.56 Å². The number of hydrogen-bond acceptors (Lipinski definition) is 1. The number of aromatic hydroxyl groups is 1. The molecule has 0 unspecified atom stereocenters. The van der Waals surface area contributed by atoms with Crippen molar-refractivity contribution in [2.75, 3.05) is 0 Å². The molecule has 2 aromatic carbocycles. The third kappa shape index (κ3) is 1.23. The molecule has 0 aliphatic rings. The first-order chi connectivity index (χ1) is 6.59. The average Bonchev–Trinajstić information content (AvgIpc) is 2.10. The predicted octanol–water partition coefficient (Wildman–Crippen LogP) is 3.30. The lowest BCUT2D eigenvalue weighted by Crippen LogP contribution is -1.87. The van der Waals surface area contributed by atoms with Gasteiger partial charge in [0.1, 0.15) is 11.6 Å². The van der Waals surface area contributed by atoms with Crippen molar-refractivity contribution < 1.29 is 9.50 Å². The number of phenols is 1. The van der Waals surface area contributed by atoms with E-state index in [1.54, 1.807) is 25.1 Å². The first-order valence-electron chi connectivity index (χ1n) is 4.48. The van der Waals surface area contributed by atoms with Crippen molar-refractivity contribution in [2.24, 2.45) is 0 Å². The van der Waals surface area contributed by atoms with Gasteiger partial charge in [0.2, 0.25) is 0 Å². The Morgan fingerprint density at radius 2 is 1.86 bits per heavy atom. The number of phenolic OH excluding ortho intramolecular Hbond substituents is 1. The van der Waals surface area contributed by atoms with Crippen molar-refractivity contribution in [2.45, 2.75) is 13.8 Å². The molecule has 2 rings (SSSR count). The van der Waals surface area contributed by atoms with Gasteiger partial charge in [-0.15, -0.1) is 0 Å².